The van der Waals surface area contributed by atoms with Crippen molar-refractivity contribution < 1.29 is 0 Å². The maximum Gasteiger partial charge on any atom is 0.351 e. The van der Waals surface area contributed by atoms with Crippen molar-refractivity contribution in [2.45, 2.75) is 6.54 Å². The molecule has 124 valence electrons. The maximum atomic E-state index is 13.0. The van der Waals surface area contributed by atoms with Crippen LogP contribution in [0.1, 0.15) is 0 Å². The van der Waals surface area contributed by atoms with Gasteiger partial charge in [0.2, 0.25) is 0 Å². The lowest BCUT2D eigenvalue weighted by molar-refractivity contribution is 0.381. The van der Waals surface area contributed by atoms with Crippen molar-refractivity contribution in [3.05, 3.63) is 69.6 Å². The second kappa shape index (κ2) is 7.15. The Bertz CT molecular complexity index is 884. The number of halogens is 1. The molecular weight excluding hydrogens is 368 g/mol. The fourth-order valence-corrected chi connectivity index (χ4v) is 2.93. The van der Waals surface area contributed by atoms with Crippen LogP contribution in [0.25, 0.3) is 17.1 Å². The van der Waals surface area contributed by atoms with Gasteiger partial charge in [0, 0.05) is 23.1 Å². The third kappa shape index (κ3) is 3.34. The van der Waals surface area contributed by atoms with Gasteiger partial charge in [0.05, 0.1) is 5.69 Å². The SMILES string of the molecule is CN(C)CCn1c(-c2ccccc2)nn(-c2ccccc2Br)c1=O. The lowest BCUT2D eigenvalue weighted by Gasteiger charge is -2.10. The summed E-state index contributed by atoms with van der Waals surface area (Å²) in [4.78, 5) is 15.0. The Morgan fingerprint density at radius 3 is 2.38 bits per heavy atom. The molecule has 0 bridgehead atoms. The molecule has 0 radical (unpaired) electrons. The van der Waals surface area contributed by atoms with Crippen LogP contribution in [-0.2, 0) is 6.54 Å². The number of benzene rings is 2. The molecule has 3 rings (SSSR count). The Morgan fingerprint density at radius 1 is 1.04 bits per heavy atom. The van der Waals surface area contributed by atoms with Crippen LogP contribution in [0.4, 0.5) is 0 Å². The molecule has 0 N–H and O–H groups in total. The zero-order valence-corrected chi connectivity index (χ0v) is 15.3. The van der Waals surface area contributed by atoms with E-state index in [1.54, 1.807) is 4.57 Å². The van der Waals surface area contributed by atoms with E-state index in [0.717, 1.165) is 22.3 Å². The molecule has 0 unspecified atom stereocenters. The van der Waals surface area contributed by atoms with Gasteiger partial charge in [-0.1, -0.05) is 42.5 Å². The number of para-hydroxylation sites is 1. The molecule has 24 heavy (non-hydrogen) atoms. The molecule has 0 spiro atoms. The third-order valence-electron chi connectivity index (χ3n) is 3.75. The van der Waals surface area contributed by atoms with Gasteiger partial charge in [0.1, 0.15) is 0 Å². The van der Waals surface area contributed by atoms with E-state index in [2.05, 4.69) is 25.9 Å². The number of rotatable bonds is 5. The first-order valence-corrected chi connectivity index (χ1v) is 8.52. The molecule has 1 aromatic heterocycles. The van der Waals surface area contributed by atoms with E-state index < -0.39 is 0 Å². The third-order valence-corrected chi connectivity index (χ3v) is 4.42. The van der Waals surface area contributed by atoms with Crippen LogP contribution in [0.3, 0.4) is 0 Å². The Balaban J connectivity index is 2.16. The van der Waals surface area contributed by atoms with Gasteiger partial charge in [0.15, 0.2) is 5.82 Å². The van der Waals surface area contributed by atoms with Gasteiger partial charge in [-0.15, -0.1) is 5.10 Å². The van der Waals surface area contributed by atoms with E-state index >= 15 is 0 Å². The summed E-state index contributed by atoms with van der Waals surface area (Å²) in [6.07, 6.45) is 0. The largest absolute Gasteiger partial charge is 0.351 e. The smallest absolute Gasteiger partial charge is 0.308 e. The minimum Gasteiger partial charge on any atom is -0.308 e. The van der Waals surface area contributed by atoms with E-state index in [4.69, 9.17) is 0 Å². The summed E-state index contributed by atoms with van der Waals surface area (Å²) < 4.78 is 4.03. The molecule has 1 heterocycles. The van der Waals surface area contributed by atoms with Gasteiger partial charge < -0.3 is 4.90 Å². The Labute approximate surface area is 149 Å². The molecule has 0 saturated carbocycles. The second-order valence-electron chi connectivity index (χ2n) is 5.79. The van der Waals surface area contributed by atoms with Crippen LogP contribution in [0.15, 0.2) is 63.9 Å². The van der Waals surface area contributed by atoms with Gasteiger partial charge in [-0.2, -0.15) is 4.68 Å². The number of aromatic nitrogens is 3. The lowest BCUT2D eigenvalue weighted by Crippen LogP contribution is -2.28. The first-order valence-electron chi connectivity index (χ1n) is 7.73. The summed E-state index contributed by atoms with van der Waals surface area (Å²) in [5.74, 6) is 0.679. The molecule has 0 amide bonds. The summed E-state index contributed by atoms with van der Waals surface area (Å²) in [6, 6.07) is 17.4. The van der Waals surface area contributed by atoms with Crippen molar-refractivity contribution in [3.8, 4) is 17.1 Å². The summed E-state index contributed by atoms with van der Waals surface area (Å²) in [5, 5.41) is 4.61. The van der Waals surface area contributed by atoms with Crippen molar-refractivity contribution in [2.24, 2.45) is 0 Å². The number of nitrogens with zero attached hydrogens (tertiary/aromatic N) is 4. The average molecular weight is 387 g/mol. The molecule has 0 aliphatic rings. The number of hydrogen-bond donors (Lipinski definition) is 0. The normalized spacial score (nSPS) is 11.2. The maximum absolute atomic E-state index is 13.0. The first-order chi connectivity index (χ1) is 11.6. The lowest BCUT2D eigenvalue weighted by atomic mass is 10.2. The van der Waals surface area contributed by atoms with Gasteiger partial charge in [0.25, 0.3) is 0 Å². The summed E-state index contributed by atoms with van der Waals surface area (Å²) in [7, 11) is 3.98. The predicted octanol–water partition coefficient (Wildman–Crippen LogP) is 3.03. The topological polar surface area (TPSA) is 43.1 Å². The molecule has 0 saturated heterocycles. The molecule has 6 heteroatoms. The van der Waals surface area contributed by atoms with Crippen LogP contribution in [0, 0.1) is 0 Å². The predicted molar refractivity (Wildman–Crippen MR) is 99.5 cm³/mol. The quantitative estimate of drug-likeness (QED) is 0.676. The molecule has 3 aromatic rings. The van der Waals surface area contributed by atoms with Crippen LogP contribution >= 0.6 is 15.9 Å². The number of likely N-dealkylation sites (N-methyl/N-ethyl adjacent to an activating group) is 1. The molecule has 0 fully saturated rings. The highest BCUT2D eigenvalue weighted by molar-refractivity contribution is 9.10. The van der Waals surface area contributed by atoms with E-state index in [9.17, 15) is 4.79 Å². The Hall–Kier alpha value is -2.18. The van der Waals surface area contributed by atoms with E-state index in [1.165, 1.54) is 4.68 Å². The monoisotopic (exact) mass is 386 g/mol. The van der Waals surface area contributed by atoms with Crippen LogP contribution in [0.5, 0.6) is 0 Å². The van der Waals surface area contributed by atoms with Crippen LogP contribution < -0.4 is 5.69 Å². The highest BCUT2D eigenvalue weighted by atomic mass is 79.9. The standard InChI is InChI=1S/C18H19BrN4O/c1-21(2)12-13-22-17(14-8-4-3-5-9-14)20-23(18(22)24)16-11-7-6-10-15(16)19/h3-11H,12-13H2,1-2H3. The zero-order chi connectivity index (χ0) is 17.1. The van der Waals surface area contributed by atoms with Crippen molar-refractivity contribution in [2.75, 3.05) is 20.6 Å². The van der Waals surface area contributed by atoms with Crippen LogP contribution in [-0.4, -0.2) is 39.9 Å². The van der Waals surface area contributed by atoms with Gasteiger partial charge >= 0.3 is 5.69 Å². The van der Waals surface area contributed by atoms with Crippen molar-refractivity contribution in [1.29, 1.82) is 0 Å². The summed E-state index contributed by atoms with van der Waals surface area (Å²) in [5.41, 5.74) is 1.53. The molecule has 0 aliphatic carbocycles. The first kappa shape index (κ1) is 16.7. The van der Waals surface area contributed by atoms with Crippen LogP contribution in [0.2, 0.25) is 0 Å². The van der Waals surface area contributed by atoms with Crippen molar-refractivity contribution in [1.82, 2.24) is 19.2 Å². The second-order valence-corrected chi connectivity index (χ2v) is 6.64. The van der Waals surface area contributed by atoms with Gasteiger partial charge in [-0.25, -0.2) is 4.79 Å². The minimum absolute atomic E-state index is 0.136. The summed E-state index contributed by atoms with van der Waals surface area (Å²) >= 11 is 3.50. The average Bonchev–Trinajstić information content (AvgIpc) is 2.91. The van der Waals surface area contributed by atoms with Gasteiger partial charge in [-0.3, -0.25) is 4.57 Å². The highest BCUT2D eigenvalue weighted by Gasteiger charge is 2.17. The fraction of sp³-hybridized carbons (Fsp3) is 0.222. The molecule has 0 aliphatic heterocycles. The Morgan fingerprint density at radius 2 is 1.71 bits per heavy atom. The van der Waals surface area contributed by atoms with E-state index in [0.29, 0.717) is 12.4 Å². The Kier molecular flexibility index (Phi) is 4.97. The van der Waals surface area contributed by atoms with E-state index in [-0.39, 0.29) is 5.69 Å². The minimum atomic E-state index is -0.136. The van der Waals surface area contributed by atoms with E-state index in [1.807, 2.05) is 68.7 Å². The highest BCUT2D eigenvalue weighted by Crippen LogP contribution is 2.21. The molecular formula is C18H19BrN4O. The van der Waals surface area contributed by atoms with Gasteiger partial charge in [-0.05, 0) is 42.2 Å². The molecule has 2 aromatic carbocycles. The van der Waals surface area contributed by atoms with Crippen molar-refractivity contribution >= 4 is 15.9 Å². The van der Waals surface area contributed by atoms with Crippen molar-refractivity contribution in [3.63, 3.8) is 0 Å². The fourth-order valence-electron chi connectivity index (χ4n) is 2.48. The molecule has 5 nitrogen and oxygen atoms in total. The summed E-state index contributed by atoms with van der Waals surface area (Å²) in [6.45, 7) is 1.35. The molecule has 0 atom stereocenters. The number of hydrogen-bond acceptors (Lipinski definition) is 3. The zero-order valence-electron chi connectivity index (χ0n) is 13.7.